The molecule has 1 fully saturated rings. The number of halogens is 1. The fourth-order valence-corrected chi connectivity index (χ4v) is 3.39. The SMILES string of the molecule is CCc1cccc(N2CCN(CC(=O)Nc3ccc(OC)c(Cl)c3)C(=O)C2=O)c1. The van der Waals surface area contributed by atoms with E-state index in [0.29, 0.717) is 28.7 Å². The van der Waals surface area contributed by atoms with E-state index in [1.807, 2.05) is 25.1 Å². The number of carbonyl (C=O) groups excluding carboxylic acids is 3. The van der Waals surface area contributed by atoms with Crippen LogP contribution in [0.5, 0.6) is 5.75 Å². The molecular formula is C21H22ClN3O4. The molecule has 1 N–H and O–H groups in total. The van der Waals surface area contributed by atoms with Crippen molar-refractivity contribution in [1.82, 2.24) is 4.90 Å². The third-order valence-electron chi connectivity index (χ3n) is 4.71. The van der Waals surface area contributed by atoms with E-state index in [0.717, 1.165) is 12.0 Å². The number of rotatable bonds is 6. The van der Waals surface area contributed by atoms with Crippen LogP contribution in [0.2, 0.25) is 5.02 Å². The van der Waals surface area contributed by atoms with Gasteiger partial charge in [0.15, 0.2) is 0 Å². The second kappa shape index (κ2) is 8.96. The zero-order valence-electron chi connectivity index (χ0n) is 16.3. The van der Waals surface area contributed by atoms with Crippen LogP contribution < -0.4 is 15.0 Å². The first-order valence-electron chi connectivity index (χ1n) is 9.26. The van der Waals surface area contributed by atoms with E-state index in [2.05, 4.69) is 5.32 Å². The summed E-state index contributed by atoms with van der Waals surface area (Å²) >= 11 is 6.05. The lowest BCUT2D eigenvalue weighted by molar-refractivity contribution is -0.147. The molecule has 0 aliphatic carbocycles. The van der Waals surface area contributed by atoms with Crippen LogP contribution in [0.25, 0.3) is 0 Å². The summed E-state index contributed by atoms with van der Waals surface area (Å²) in [5.41, 5.74) is 2.26. The average Bonchev–Trinajstić information content (AvgIpc) is 2.71. The zero-order chi connectivity index (χ0) is 21.0. The van der Waals surface area contributed by atoms with Gasteiger partial charge in [-0.1, -0.05) is 30.7 Å². The Balaban J connectivity index is 1.63. The Morgan fingerprint density at radius 2 is 1.93 bits per heavy atom. The lowest BCUT2D eigenvalue weighted by atomic mass is 10.1. The Labute approximate surface area is 174 Å². The molecule has 8 heteroatoms. The molecule has 1 saturated heterocycles. The predicted molar refractivity (Wildman–Crippen MR) is 111 cm³/mol. The van der Waals surface area contributed by atoms with Crippen molar-refractivity contribution < 1.29 is 19.1 Å². The molecule has 0 bridgehead atoms. The molecule has 0 atom stereocenters. The quantitative estimate of drug-likeness (QED) is 0.736. The molecule has 1 aliphatic rings. The maximum absolute atomic E-state index is 12.6. The average molecular weight is 416 g/mol. The Kier molecular flexibility index (Phi) is 6.39. The van der Waals surface area contributed by atoms with Gasteiger partial charge in [-0.15, -0.1) is 0 Å². The standard InChI is InChI=1S/C21H22ClN3O4/c1-3-14-5-4-6-16(11-14)25-10-9-24(20(27)21(25)28)13-19(26)23-15-7-8-18(29-2)17(22)12-15/h4-8,11-12H,3,9-10,13H2,1-2H3,(H,23,26). The number of hydrogen-bond acceptors (Lipinski definition) is 4. The molecule has 7 nitrogen and oxygen atoms in total. The summed E-state index contributed by atoms with van der Waals surface area (Å²) in [6, 6.07) is 12.4. The summed E-state index contributed by atoms with van der Waals surface area (Å²) in [4.78, 5) is 40.1. The number of ether oxygens (including phenoxy) is 1. The number of benzene rings is 2. The lowest BCUT2D eigenvalue weighted by Crippen LogP contribution is -2.56. The minimum Gasteiger partial charge on any atom is -0.495 e. The summed E-state index contributed by atoms with van der Waals surface area (Å²) in [6.45, 7) is 2.42. The topological polar surface area (TPSA) is 79.0 Å². The highest BCUT2D eigenvalue weighted by molar-refractivity contribution is 6.41. The third kappa shape index (κ3) is 4.68. The molecular weight excluding hydrogens is 394 g/mol. The molecule has 1 heterocycles. The van der Waals surface area contributed by atoms with Gasteiger partial charge in [0.1, 0.15) is 12.3 Å². The molecule has 3 amide bonds. The molecule has 3 rings (SSSR count). The number of amides is 3. The van der Waals surface area contributed by atoms with Crippen LogP contribution in [0.4, 0.5) is 11.4 Å². The molecule has 29 heavy (non-hydrogen) atoms. The summed E-state index contributed by atoms with van der Waals surface area (Å²) < 4.78 is 5.07. The fourth-order valence-electron chi connectivity index (χ4n) is 3.13. The monoisotopic (exact) mass is 415 g/mol. The minimum atomic E-state index is -0.693. The van der Waals surface area contributed by atoms with Gasteiger partial charge in [-0.3, -0.25) is 14.4 Å². The maximum Gasteiger partial charge on any atom is 0.316 e. The number of aryl methyl sites for hydroxylation is 1. The van der Waals surface area contributed by atoms with Crippen LogP contribution in [0.1, 0.15) is 12.5 Å². The summed E-state index contributed by atoms with van der Waals surface area (Å²) in [7, 11) is 1.50. The van der Waals surface area contributed by atoms with Crippen LogP contribution in [0, 0.1) is 0 Å². The Bertz CT molecular complexity index is 947. The van der Waals surface area contributed by atoms with Crippen molar-refractivity contribution in [2.75, 3.05) is 37.0 Å². The van der Waals surface area contributed by atoms with Crippen LogP contribution in [0.3, 0.4) is 0 Å². The molecule has 1 aliphatic heterocycles. The van der Waals surface area contributed by atoms with E-state index in [1.165, 1.54) is 16.9 Å². The Morgan fingerprint density at radius 1 is 1.14 bits per heavy atom. The smallest absolute Gasteiger partial charge is 0.316 e. The number of nitrogens with one attached hydrogen (secondary N) is 1. The van der Waals surface area contributed by atoms with Gasteiger partial charge in [-0.05, 0) is 42.3 Å². The largest absolute Gasteiger partial charge is 0.495 e. The highest BCUT2D eigenvalue weighted by atomic mass is 35.5. The number of methoxy groups -OCH3 is 1. The van der Waals surface area contributed by atoms with Gasteiger partial charge < -0.3 is 19.9 Å². The molecule has 2 aromatic rings. The van der Waals surface area contributed by atoms with Gasteiger partial charge in [-0.2, -0.15) is 0 Å². The van der Waals surface area contributed by atoms with E-state index in [1.54, 1.807) is 24.3 Å². The summed E-state index contributed by atoms with van der Waals surface area (Å²) in [5.74, 6) is -1.24. The number of carbonyl (C=O) groups is 3. The Morgan fingerprint density at radius 3 is 2.62 bits per heavy atom. The van der Waals surface area contributed by atoms with Crippen molar-refractivity contribution in [1.29, 1.82) is 0 Å². The van der Waals surface area contributed by atoms with E-state index >= 15 is 0 Å². The molecule has 152 valence electrons. The summed E-state index contributed by atoms with van der Waals surface area (Å²) in [5, 5.41) is 3.04. The first kappa shape index (κ1) is 20.7. The predicted octanol–water partition coefficient (Wildman–Crippen LogP) is 2.72. The summed E-state index contributed by atoms with van der Waals surface area (Å²) in [6.07, 6.45) is 0.839. The van der Waals surface area contributed by atoms with Crippen molar-refractivity contribution in [3.05, 3.63) is 53.1 Å². The van der Waals surface area contributed by atoms with E-state index in [4.69, 9.17) is 16.3 Å². The molecule has 0 unspecified atom stereocenters. The van der Waals surface area contributed by atoms with Gasteiger partial charge in [0, 0.05) is 24.5 Å². The molecule has 0 spiro atoms. The number of piperazine rings is 1. The molecule has 2 aromatic carbocycles. The van der Waals surface area contributed by atoms with Gasteiger partial charge in [0.05, 0.1) is 12.1 Å². The number of anilines is 2. The van der Waals surface area contributed by atoms with Crippen LogP contribution in [0.15, 0.2) is 42.5 Å². The van der Waals surface area contributed by atoms with E-state index in [-0.39, 0.29) is 13.1 Å². The lowest BCUT2D eigenvalue weighted by Gasteiger charge is -2.33. The van der Waals surface area contributed by atoms with Crippen molar-refractivity contribution >= 4 is 40.7 Å². The number of hydrogen-bond donors (Lipinski definition) is 1. The van der Waals surface area contributed by atoms with E-state index in [9.17, 15) is 14.4 Å². The first-order valence-corrected chi connectivity index (χ1v) is 9.63. The van der Waals surface area contributed by atoms with Crippen LogP contribution in [-0.4, -0.2) is 49.4 Å². The molecule has 0 aromatic heterocycles. The third-order valence-corrected chi connectivity index (χ3v) is 5.00. The minimum absolute atomic E-state index is 0.211. The first-order chi connectivity index (χ1) is 13.9. The maximum atomic E-state index is 12.6. The zero-order valence-corrected chi connectivity index (χ0v) is 17.0. The van der Waals surface area contributed by atoms with Crippen molar-refractivity contribution in [3.8, 4) is 5.75 Å². The van der Waals surface area contributed by atoms with Crippen molar-refractivity contribution in [2.24, 2.45) is 0 Å². The highest BCUT2D eigenvalue weighted by Gasteiger charge is 2.34. The normalized spacial score (nSPS) is 14.2. The van der Waals surface area contributed by atoms with Gasteiger partial charge >= 0.3 is 11.8 Å². The second-order valence-electron chi connectivity index (χ2n) is 6.60. The van der Waals surface area contributed by atoms with Crippen LogP contribution >= 0.6 is 11.6 Å². The fraction of sp³-hybridized carbons (Fsp3) is 0.286. The van der Waals surface area contributed by atoms with Crippen LogP contribution in [-0.2, 0) is 20.8 Å². The molecule has 0 saturated carbocycles. The second-order valence-corrected chi connectivity index (χ2v) is 7.01. The van der Waals surface area contributed by atoms with E-state index < -0.39 is 17.7 Å². The highest BCUT2D eigenvalue weighted by Crippen LogP contribution is 2.27. The van der Waals surface area contributed by atoms with Gasteiger partial charge in [0.25, 0.3) is 0 Å². The van der Waals surface area contributed by atoms with Gasteiger partial charge in [0.2, 0.25) is 5.91 Å². The Hall–Kier alpha value is -3.06. The van der Waals surface area contributed by atoms with Gasteiger partial charge in [-0.25, -0.2) is 0 Å². The molecule has 0 radical (unpaired) electrons. The number of nitrogens with zero attached hydrogens (tertiary/aromatic N) is 2. The van der Waals surface area contributed by atoms with Crippen molar-refractivity contribution in [2.45, 2.75) is 13.3 Å². The van der Waals surface area contributed by atoms with Crippen molar-refractivity contribution in [3.63, 3.8) is 0 Å².